The zero-order chi connectivity index (χ0) is 26.0. The minimum atomic E-state index is -4.66. The lowest BCUT2D eigenvalue weighted by atomic mass is 9.72. The van der Waals surface area contributed by atoms with Gasteiger partial charge in [0.15, 0.2) is 0 Å². The van der Waals surface area contributed by atoms with Crippen LogP contribution in [0.3, 0.4) is 0 Å². The fraction of sp³-hybridized carbons (Fsp3) is 0.577. The Labute approximate surface area is 202 Å². The van der Waals surface area contributed by atoms with Gasteiger partial charge in [-0.2, -0.15) is 13.2 Å². The number of rotatable bonds is 7. The summed E-state index contributed by atoms with van der Waals surface area (Å²) < 4.78 is 52.9. The monoisotopic (exact) mass is 495 g/mol. The molecule has 1 unspecified atom stereocenters. The lowest BCUT2D eigenvalue weighted by Crippen LogP contribution is -2.31. The molecule has 0 aromatic heterocycles. The van der Waals surface area contributed by atoms with Gasteiger partial charge in [-0.3, -0.25) is 14.9 Å². The third kappa shape index (κ3) is 6.44. The highest BCUT2D eigenvalue weighted by Gasteiger charge is 2.38. The lowest BCUT2D eigenvalue weighted by molar-refractivity contribution is -0.529. The summed E-state index contributed by atoms with van der Waals surface area (Å²) in [4.78, 5) is 22.5. The maximum atomic E-state index is 14.1. The first-order valence-electron chi connectivity index (χ1n) is 11.8. The first kappa shape index (κ1) is 26.8. The van der Waals surface area contributed by atoms with E-state index in [1.165, 1.54) is 37.4 Å². The summed E-state index contributed by atoms with van der Waals surface area (Å²) in [6, 6.07) is 5.53. The van der Waals surface area contributed by atoms with Crippen LogP contribution in [0.2, 0.25) is 0 Å². The Morgan fingerprint density at radius 2 is 1.77 bits per heavy atom. The van der Waals surface area contributed by atoms with Crippen LogP contribution in [0.15, 0.2) is 30.3 Å². The molecule has 1 fully saturated rings. The van der Waals surface area contributed by atoms with E-state index in [-0.39, 0.29) is 46.4 Å². The summed E-state index contributed by atoms with van der Waals surface area (Å²) in [7, 11) is 1.19. The molecule has 0 radical (unpaired) electrons. The minimum Gasteiger partial charge on any atom is -0.490 e. The number of halogens is 3. The van der Waals surface area contributed by atoms with Gasteiger partial charge in [0.1, 0.15) is 11.3 Å². The molecule has 0 saturated heterocycles. The first-order valence-corrected chi connectivity index (χ1v) is 11.8. The summed E-state index contributed by atoms with van der Waals surface area (Å²) in [5.74, 6) is -0.294. The zero-order valence-electron chi connectivity index (χ0n) is 20.5. The molecule has 2 aromatic carbocycles. The number of nitro groups is 1. The summed E-state index contributed by atoms with van der Waals surface area (Å²) in [6.07, 6.45) is -2.04. The number of carbonyl (C=O) groups excluding carboxylic acids is 1. The number of fused-ring (bicyclic) bond motifs is 1. The predicted molar refractivity (Wildman–Crippen MR) is 126 cm³/mol. The molecule has 1 atom stereocenters. The molecule has 35 heavy (non-hydrogen) atoms. The van der Waals surface area contributed by atoms with Crippen LogP contribution in [0, 0.1) is 21.4 Å². The van der Waals surface area contributed by atoms with Gasteiger partial charge in [-0.25, -0.2) is 0 Å². The molecular formula is C26H32F3NO5. The second kappa shape index (κ2) is 10.4. The van der Waals surface area contributed by atoms with Crippen molar-refractivity contribution in [3.63, 3.8) is 0 Å². The molecule has 9 heteroatoms. The van der Waals surface area contributed by atoms with Gasteiger partial charge in [0.25, 0.3) is 0 Å². The highest BCUT2D eigenvalue weighted by Crippen LogP contribution is 2.44. The molecule has 1 aliphatic rings. The number of benzene rings is 2. The summed E-state index contributed by atoms with van der Waals surface area (Å²) >= 11 is 0. The predicted octanol–water partition coefficient (Wildman–Crippen LogP) is 7.11. The van der Waals surface area contributed by atoms with Gasteiger partial charge in [-0.05, 0) is 59.9 Å². The van der Waals surface area contributed by atoms with Crippen molar-refractivity contribution >= 4 is 16.7 Å². The molecule has 192 valence electrons. The van der Waals surface area contributed by atoms with Crippen LogP contribution in [-0.4, -0.2) is 24.1 Å². The van der Waals surface area contributed by atoms with Crippen LogP contribution < -0.4 is 4.74 Å². The molecule has 3 rings (SSSR count). The lowest BCUT2D eigenvalue weighted by Gasteiger charge is -2.37. The molecule has 6 nitrogen and oxygen atoms in total. The Morgan fingerprint density at radius 1 is 1.11 bits per heavy atom. The van der Waals surface area contributed by atoms with Crippen molar-refractivity contribution in [3.8, 4) is 5.75 Å². The van der Waals surface area contributed by atoms with Crippen molar-refractivity contribution < 1.29 is 32.4 Å². The number of esters is 1. The Kier molecular flexibility index (Phi) is 7.97. The van der Waals surface area contributed by atoms with Gasteiger partial charge in [0, 0.05) is 16.9 Å². The third-order valence-electron chi connectivity index (χ3n) is 6.97. The van der Waals surface area contributed by atoms with E-state index in [1.807, 2.05) is 0 Å². The van der Waals surface area contributed by atoms with E-state index in [4.69, 9.17) is 4.74 Å². The highest BCUT2D eigenvalue weighted by atomic mass is 19.4. The Bertz CT molecular complexity index is 1070. The normalized spacial score (nSPS) is 19.9. The fourth-order valence-electron chi connectivity index (χ4n) is 4.90. The molecule has 2 aromatic rings. The number of methoxy groups -OCH3 is 1. The SMILES string of the molecule is COC(=O)CCC(c1ccc2c(C(F)(F)F)c(OC3CCC(C(C)(C)C)CC3)ccc2c1)[N+](=O)[O-]. The van der Waals surface area contributed by atoms with E-state index in [1.54, 1.807) is 0 Å². The average Bonchev–Trinajstić information content (AvgIpc) is 2.77. The molecule has 0 heterocycles. The molecule has 0 N–H and O–H groups in total. The molecule has 1 aliphatic carbocycles. The first-order chi connectivity index (χ1) is 16.3. The van der Waals surface area contributed by atoms with Crippen LogP contribution in [0.5, 0.6) is 5.75 Å². The van der Waals surface area contributed by atoms with E-state index in [2.05, 4.69) is 25.5 Å². The number of ether oxygens (including phenoxy) is 2. The standard InChI is InChI=1S/C26H32F3NO5/c1-25(2,3)18-7-9-19(10-8-18)35-22-13-6-16-15-17(5-11-20(16)24(22)26(27,28)29)21(30(32)33)12-14-23(31)34-4/h5-6,11,13,15,18-19,21H,7-10,12,14H2,1-4H3. The van der Waals surface area contributed by atoms with Crippen LogP contribution in [0.1, 0.15) is 76.5 Å². The largest absolute Gasteiger partial charge is 0.490 e. The molecule has 1 saturated carbocycles. The second-order valence-electron chi connectivity index (χ2n) is 10.3. The van der Waals surface area contributed by atoms with Crippen LogP contribution >= 0.6 is 0 Å². The average molecular weight is 496 g/mol. The molecule has 0 aliphatic heterocycles. The molecule has 0 amide bonds. The van der Waals surface area contributed by atoms with E-state index in [0.29, 0.717) is 18.8 Å². The van der Waals surface area contributed by atoms with Crippen molar-refractivity contribution in [3.05, 3.63) is 51.6 Å². The quantitative estimate of drug-likeness (QED) is 0.232. The number of hydrogen-bond acceptors (Lipinski definition) is 5. The van der Waals surface area contributed by atoms with E-state index < -0.39 is 28.7 Å². The van der Waals surface area contributed by atoms with Crippen LogP contribution in [0.25, 0.3) is 10.8 Å². The van der Waals surface area contributed by atoms with E-state index in [9.17, 15) is 28.1 Å². The molecule has 0 spiro atoms. The number of hydrogen-bond donors (Lipinski definition) is 0. The maximum Gasteiger partial charge on any atom is 0.420 e. The van der Waals surface area contributed by atoms with E-state index in [0.717, 1.165) is 12.8 Å². The van der Waals surface area contributed by atoms with Gasteiger partial charge in [-0.15, -0.1) is 0 Å². The highest BCUT2D eigenvalue weighted by molar-refractivity contribution is 5.89. The van der Waals surface area contributed by atoms with Crippen LogP contribution in [-0.2, 0) is 15.7 Å². The van der Waals surface area contributed by atoms with Gasteiger partial charge in [-0.1, -0.05) is 39.0 Å². The van der Waals surface area contributed by atoms with Crippen molar-refractivity contribution in [2.24, 2.45) is 11.3 Å². The van der Waals surface area contributed by atoms with Crippen molar-refractivity contribution in [2.45, 2.75) is 77.6 Å². The second-order valence-corrected chi connectivity index (χ2v) is 10.3. The number of alkyl halides is 3. The Hall–Kier alpha value is -2.84. The summed E-state index contributed by atoms with van der Waals surface area (Å²) in [6.45, 7) is 6.53. The van der Waals surface area contributed by atoms with Gasteiger partial charge in [0.05, 0.1) is 19.6 Å². The number of nitrogens with zero attached hydrogens (tertiary/aromatic N) is 1. The summed E-state index contributed by atoms with van der Waals surface area (Å²) in [5, 5.41) is 11.7. The van der Waals surface area contributed by atoms with Gasteiger partial charge in [0.2, 0.25) is 6.04 Å². The van der Waals surface area contributed by atoms with E-state index >= 15 is 0 Å². The van der Waals surface area contributed by atoms with Crippen molar-refractivity contribution in [1.29, 1.82) is 0 Å². The van der Waals surface area contributed by atoms with Crippen molar-refractivity contribution in [1.82, 2.24) is 0 Å². The van der Waals surface area contributed by atoms with Gasteiger partial charge >= 0.3 is 12.1 Å². The maximum absolute atomic E-state index is 14.1. The minimum absolute atomic E-state index is 0.0720. The fourth-order valence-corrected chi connectivity index (χ4v) is 4.90. The van der Waals surface area contributed by atoms with Crippen LogP contribution in [0.4, 0.5) is 13.2 Å². The molecule has 0 bridgehead atoms. The zero-order valence-corrected chi connectivity index (χ0v) is 20.5. The van der Waals surface area contributed by atoms with Gasteiger partial charge < -0.3 is 9.47 Å². The molecular weight excluding hydrogens is 463 g/mol. The summed E-state index contributed by atoms with van der Waals surface area (Å²) in [5.41, 5.74) is -0.485. The Morgan fingerprint density at radius 3 is 2.31 bits per heavy atom. The smallest absolute Gasteiger partial charge is 0.420 e. The third-order valence-corrected chi connectivity index (χ3v) is 6.97. The topological polar surface area (TPSA) is 78.7 Å². The Balaban J connectivity index is 1.90. The van der Waals surface area contributed by atoms with Crippen molar-refractivity contribution in [2.75, 3.05) is 7.11 Å². The number of carbonyl (C=O) groups is 1.